The third-order valence-electron chi connectivity index (χ3n) is 4.03. The molecular formula is C22H25NO6. The van der Waals surface area contributed by atoms with Gasteiger partial charge in [-0.25, -0.2) is 4.79 Å². The van der Waals surface area contributed by atoms with Crippen molar-refractivity contribution in [2.75, 3.05) is 25.6 Å². The Morgan fingerprint density at radius 1 is 0.966 bits per heavy atom. The van der Waals surface area contributed by atoms with Crippen LogP contribution >= 0.6 is 0 Å². The molecule has 0 aromatic heterocycles. The zero-order chi connectivity index (χ0) is 21.4. The minimum atomic E-state index is -0.638. The number of hydrogen-bond donors (Lipinski definition) is 1. The van der Waals surface area contributed by atoms with Gasteiger partial charge in [-0.2, -0.15) is 0 Å². The number of ether oxygens (including phenoxy) is 3. The molecule has 0 aliphatic rings. The Bertz CT molecular complexity index is 873. The fourth-order valence-corrected chi connectivity index (χ4v) is 2.39. The predicted molar refractivity (Wildman–Crippen MR) is 109 cm³/mol. The maximum atomic E-state index is 12.3. The fraction of sp³-hybridized carbons (Fsp3) is 0.318. The minimum absolute atomic E-state index is 0.108. The summed E-state index contributed by atoms with van der Waals surface area (Å²) in [6, 6.07) is 11.1. The van der Waals surface area contributed by atoms with Gasteiger partial charge in [-0.05, 0) is 49.4 Å². The van der Waals surface area contributed by atoms with Crippen molar-refractivity contribution in [1.29, 1.82) is 0 Å². The third-order valence-corrected chi connectivity index (χ3v) is 4.03. The highest BCUT2D eigenvalue weighted by Gasteiger charge is 2.15. The Morgan fingerprint density at radius 3 is 2.21 bits per heavy atom. The lowest BCUT2D eigenvalue weighted by molar-refractivity contribution is -0.118. The second kappa shape index (κ2) is 10.3. The molecule has 0 fully saturated rings. The van der Waals surface area contributed by atoms with Gasteiger partial charge in [0.05, 0.1) is 19.3 Å². The molecule has 7 nitrogen and oxygen atoms in total. The van der Waals surface area contributed by atoms with E-state index in [1.807, 2.05) is 6.92 Å². The summed E-state index contributed by atoms with van der Waals surface area (Å²) in [5.74, 6) is -0.307. The summed E-state index contributed by atoms with van der Waals surface area (Å²) < 4.78 is 15.7. The van der Waals surface area contributed by atoms with Crippen LogP contribution in [0.2, 0.25) is 0 Å². The van der Waals surface area contributed by atoms with Gasteiger partial charge >= 0.3 is 5.97 Å². The van der Waals surface area contributed by atoms with E-state index in [0.29, 0.717) is 29.4 Å². The lowest BCUT2D eigenvalue weighted by atomic mass is 10.1. The smallest absolute Gasteiger partial charge is 0.338 e. The summed E-state index contributed by atoms with van der Waals surface area (Å²) in [6.07, 6.45) is 0. The van der Waals surface area contributed by atoms with Crippen molar-refractivity contribution < 1.29 is 28.6 Å². The van der Waals surface area contributed by atoms with Gasteiger partial charge in [-0.3, -0.25) is 9.59 Å². The standard InChI is InChI=1S/C22H25NO6/c1-5-28-19-11-8-16(12-20(19)27-4)22(26)29-13-18(24)15-6-9-17(10-7-15)23-21(25)14(2)3/h6-12,14H,5,13H2,1-4H3,(H,23,25). The normalized spacial score (nSPS) is 10.4. The third kappa shape index (κ3) is 6.07. The average molecular weight is 399 g/mol. The van der Waals surface area contributed by atoms with Crippen LogP contribution in [0.25, 0.3) is 0 Å². The number of esters is 1. The van der Waals surface area contributed by atoms with Crippen molar-refractivity contribution in [3.63, 3.8) is 0 Å². The molecule has 1 N–H and O–H groups in total. The number of benzene rings is 2. The largest absolute Gasteiger partial charge is 0.493 e. The molecule has 2 aromatic carbocycles. The Morgan fingerprint density at radius 2 is 1.62 bits per heavy atom. The van der Waals surface area contributed by atoms with E-state index in [4.69, 9.17) is 14.2 Å². The lowest BCUT2D eigenvalue weighted by Crippen LogP contribution is -2.18. The molecule has 0 aliphatic carbocycles. The van der Waals surface area contributed by atoms with E-state index in [9.17, 15) is 14.4 Å². The molecule has 0 saturated heterocycles. The van der Waals surface area contributed by atoms with Crippen LogP contribution in [-0.2, 0) is 9.53 Å². The second-order valence-electron chi connectivity index (χ2n) is 6.52. The summed E-state index contributed by atoms with van der Waals surface area (Å²) in [6.45, 7) is 5.50. The van der Waals surface area contributed by atoms with Gasteiger partial charge in [0.2, 0.25) is 5.91 Å². The number of carbonyl (C=O) groups excluding carboxylic acids is 3. The topological polar surface area (TPSA) is 90.9 Å². The first-order chi connectivity index (χ1) is 13.8. The first-order valence-electron chi connectivity index (χ1n) is 9.27. The van der Waals surface area contributed by atoms with Crippen molar-refractivity contribution in [3.05, 3.63) is 53.6 Å². The number of rotatable bonds is 9. The number of nitrogens with one attached hydrogen (secondary N) is 1. The van der Waals surface area contributed by atoms with E-state index in [1.165, 1.54) is 13.2 Å². The number of methoxy groups -OCH3 is 1. The van der Waals surface area contributed by atoms with Crippen LogP contribution in [0.3, 0.4) is 0 Å². The molecule has 0 heterocycles. The molecule has 154 valence electrons. The summed E-state index contributed by atoms with van der Waals surface area (Å²) in [5, 5.41) is 2.75. The van der Waals surface area contributed by atoms with Crippen molar-refractivity contribution in [3.8, 4) is 11.5 Å². The van der Waals surface area contributed by atoms with Crippen molar-refractivity contribution in [2.45, 2.75) is 20.8 Å². The summed E-state index contributed by atoms with van der Waals surface area (Å²) in [7, 11) is 1.48. The molecular weight excluding hydrogens is 374 g/mol. The van der Waals surface area contributed by atoms with Crippen molar-refractivity contribution in [2.24, 2.45) is 5.92 Å². The maximum Gasteiger partial charge on any atom is 0.338 e. The highest BCUT2D eigenvalue weighted by Crippen LogP contribution is 2.28. The molecule has 7 heteroatoms. The molecule has 0 atom stereocenters. The van der Waals surface area contributed by atoms with Crippen LogP contribution in [0.4, 0.5) is 5.69 Å². The Kier molecular flexibility index (Phi) is 7.77. The molecule has 0 spiro atoms. The van der Waals surface area contributed by atoms with Crippen molar-refractivity contribution >= 4 is 23.3 Å². The molecule has 0 aliphatic heterocycles. The molecule has 0 saturated carbocycles. The molecule has 0 radical (unpaired) electrons. The molecule has 1 amide bonds. The van der Waals surface area contributed by atoms with Gasteiger partial charge in [-0.1, -0.05) is 13.8 Å². The van der Waals surface area contributed by atoms with Gasteiger partial charge in [0.15, 0.2) is 23.9 Å². The van der Waals surface area contributed by atoms with Gasteiger partial charge in [0.1, 0.15) is 0 Å². The Balaban J connectivity index is 1.96. The number of amides is 1. The number of Topliss-reactive ketones (excluding diaryl/α,β-unsaturated/α-hetero) is 1. The molecule has 2 rings (SSSR count). The van der Waals surface area contributed by atoms with Gasteiger partial charge in [0.25, 0.3) is 0 Å². The van der Waals surface area contributed by atoms with E-state index in [2.05, 4.69) is 5.32 Å². The zero-order valence-electron chi connectivity index (χ0n) is 17.0. The highest BCUT2D eigenvalue weighted by atomic mass is 16.5. The Hall–Kier alpha value is -3.35. The zero-order valence-corrected chi connectivity index (χ0v) is 17.0. The van der Waals surface area contributed by atoms with Crippen LogP contribution in [-0.4, -0.2) is 38.0 Å². The maximum absolute atomic E-state index is 12.3. The molecule has 0 unspecified atom stereocenters. The van der Waals surface area contributed by atoms with Crippen molar-refractivity contribution in [1.82, 2.24) is 0 Å². The summed E-state index contributed by atoms with van der Waals surface area (Å²) >= 11 is 0. The van der Waals surface area contributed by atoms with Crippen LogP contribution in [0.5, 0.6) is 11.5 Å². The predicted octanol–water partition coefficient (Wildman–Crippen LogP) is 3.73. The number of anilines is 1. The minimum Gasteiger partial charge on any atom is -0.493 e. The van der Waals surface area contributed by atoms with E-state index >= 15 is 0 Å². The highest BCUT2D eigenvalue weighted by molar-refractivity contribution is 6.00. The number of ketones is 1. The number of carbonyl (C=O) groups is 3. The molecule has 0 bridgehead atoms. The monoisotopic (exact) mass is 399 g/mol. The summed E-state index contributed by atoms with van der Waals surface area (Å²) in [4.78, 5) is 36.2. The second-order valence-corrected chi connectivity index (χ2v) is 6.52. The quantitative estimate of drug-likeness (QED) is 0.510. The van der Waals surface area contributed by atoms with Gasteiger partial charge in [0, 0.05) is 17.2 Å². The average Bonchev–Trinajstić information content (AvgIpc) is 2.72. The SMILES string of the molecule is CCOc1ccc(C(=O)OCC(=O)c2ccc(NC(=O)C(C)C)cc2)cc1OC. The van der Waals surface area contributed by atoms with Crippen LogP contribution in [0, 0.1) is 5.92 Å². The van der Waals surface area contributed by atoms with E-state index in [-0.39, 0.29) is 23.2 Å². The summed E-state index contributed by atoms with van der Waals surface area (Å²) in [5.41, 5.74) is 1.23. The van der Waals surface area contributed by atoms with Crippen LogP contribution < -0.4 is 14.8 Å². The first kappa shape index (κ1) is 21.9. The van der Waals surface area contributed by atoms with E-state index in [0.717, 1.165) is 0 Å². The van der Waals surface area contributed by atoms with E-state index in [1.54, 1.807) is 50.2 Å². The van der Waals surface area contributed by atoms with Crippen LogP contribution in [0.1, 0.15) is 41.5 Å². The first-order valence-corrected chi connectivity index (χ1v) is 9.27. The van der Waals surface area contributed by atoms with E-state index < -0.39 is 12.6 Å². The Labute approximate surface area is 170 Å². The molecule has 2 aromatic rings. The lowest BCUT2D eigenvalue weighted by Gasteiger charge is -2.11. The van der Waals surface area contributed by atoms with Crippen LogP contribution in [0.15, 0.2) is 42.5 Å². The molecule has 29 heavy (non-hydrogen) atoms. The number of hydrogen-bond acceptors (Lipinski definition) is 6. The van der Waals surface area contributed by atoms with Gasteiger partial charge < -0.3 is 19.5 Å². The fourth-order valence-electron chi connectivity index (χ4n) is 2.39. The van der Waals surface area contributed by atoms with Gasteiger partial charge in [-0.15, -0.1) is 0 Å².